The van der Waals surface area contributed by atoms with Gasteiger partial charge in [0.25, 0.3) is 5.69 Å². The first-order chi connectivity index (χ1) is 8.34. The van der Waals surface area contributed by atoms with E-state index in [0.29, 0.717) is 0 Å². The van der Waals surface area contributed by atoms with E-state index in [4.69, 9.17) is 0 Å². The highest BCUT2D eigenvalue weighted by atomic mass is 19.3. The van der Waals surface area contributed by atoms with Gasteiger partial charge in [-0.15, -0.1) is 0 Å². The summed E-state index contributed by atoms with van der Waals surface area (Å²) in [6.45, 7) is -1.52. The molecule has 0 aliphatic carbocycles. The maximum Gasteiger partial charge on any atom is 0.319 e. The summed E-state index contributed by atoms with van der Waals surface area (Å²) in [4.78, 5) is 9.94. The third-order valence-corrected chi connectivity index (χ3v) is 2.18. The molecule has 1 rings (SSSR count). The van der Waals surface area contributed by atoms with Crippen LogP contribution in [0.2, 0.25) is 0 Å². The van der Waals surface area contributed by atoms with Crippen LogP contribution in [0.4, 0.5) is 23.2 Å². The van der Waals surface area contributed by atoms with Gasteiger partial charge < -0.3 is 5.32 Å². The molecule has 1 aromatic carbocycles. The minimum Gasteiger partial charge on any atom is -0.307 e. The molecule has 0 saturated heterocycles. The van der Waals surface area contributed by atoms with E-state index in [1.54, 1.807) is 0 Å². The van der Waals surface area contributed by atoms with E-state index in [-0.39, 0.29) is 17.8 Å². The van der Waals surface area contributed by atoms with Crippen molar-refractivity contribution in [1.29, 1.82) is 0 Å². The van der Waals surface area contributed by atoms with Gasteiger partial charge in [0.15, 0.2) is 0 Å². The van der Waals surface area contributed by atoms with Gasteiger partial charge in [-0.3, -0.25) is 10.1 Å². The molecule has 0 aromatic heterocycles. The third kappa shape index (κ3) is 3.66. The molecule has 1 aromatic rings. The fourth-order valence-electron chi connectivity index (χ4n) is 1.28. The third-order valence-electron chi connectivity index (χ3n) is 2.18. The van der Waals surface area contributed by atoms with Crippen LogP contribution >= 0.6 is 0 Å². The standard InChI is InChI=1S/C10H10F4N2O2/c11-9(12)10(13,14)6-15-5-7-3-1-2-4-8(7)16(17)18/h1-4,9,15H,5-6H2. The second kappa shape index (κ2) is 5.76. The largest absolute Gasteiger partial charge is 0.319 e. The minimum absolute atomic E-state index is 0.160. The fraction of sp³-hybridized carbons (Fsp3) is 0.400. The highest BCUT2D eigenvalue weighted by Gasteiger charge is 2.40. The van der Waals surface area contributed by atoms with E-state index >= 15 is 0 Å². The molecule has 0 radical (unpaired) electrons. The van der Waals surface area contributed by atoms with Crippen LogP contribution in [0.1, 0.15) is 5.56 Å². The van der Waals surface area contributed by atoms with Crippen molar-refractivity contribution in [1.82, 2.24) is 5.32 Å². The second-order valence-corrected chi connectivity index (χ2v) is 3.55. The SMILES string of the molecule is O=[N+]([O-])c1ccccc1CNCC(F)(F)C(F)F. The Hall–Kier alpha value is -1.70. The van der Waals surface area contributed by atoms with Gasteiger partial charge in [0, 0.05) is 18.2 Å². The van der Waals surface area contributed by atoms with E-state index < -0.39 is 23.8 Å². The lowest BCUT2D eigenvalue weighted by Crippen LogP contribution is -2.38. The molecular weight excluding hydrogens is 256 g/mol. The van der Waals surface area contributed by atoms with Crippen LogP contribution in [-0.4, -0.2) is 23.8 Å². The van der Waals surface area contributed by atoms with Crippen LogP contribution < -0.4 is 5.32 Å². The van der Waals surface area contributed by atoms with Crippen molar-refractivity contribution in [3.8, 4) is 0 Å². The highest BCUT2D eigenvalue weighted by Crippen LogP contribution is 2.22. The van der Waals surface area contributed by atoms with Gasteiger partial charge in [0.1, 0.15) is 0 Å². The van der Waals surface area contributed by atoms with Crippen molar-refractivity contribution in [2.75, 3.05) is 6.54 Å². The van der Waals surface area contributed by atoms with E-state index in [1.807, 2.05) is 0 Å². The molecular formula is C10H10F4N2O2. The van der Waals surface area contributed by atoms with E-state index in [1.165, 1.54) is 24.3 Å². The maximum atomic E-state index is 12.6. The zero-order valence-electron chi connectivity index (χ0n) is 9.08. The molecule has 0 saturated carbocycles. The number of benzene rings is 1. The number of nitrogens with one attached hydrogen (secondary N) is 1. The number of nitro groups is 1. The van der Waals surface area contributed by atoms with Crippen molar-refractivity contribution < 1.29 is 22.5 Å². The van der Waals surface area contributed by atoms with Crippen LogP contribution in [-0.2, 0) is 6.54 Å². The van der Waals surface area contributed by atoms with Crippen molar-refractivity contribution in [2.24, 2.45) is 0 Å². The number of nitrogens with zero attached hydrogens (tertiary/aromatic N) is 1. The zero-order valence-corrected chi connectivity index (χ0v) is 9.08. The molecule has 1 N–H and O–H groups in total. The summed E-state index contributed by atoms with van der Waals surface area (Å²) in [5, 5.41) is 12.7. The quantitative estimate of drug-likeness (QED) is 0.489. The van der Waals surface area contributed by atoms with Crippen LogP contribution in [0, 0.1) is 10.1 Å². The number of halogens is 4. The number of hydrogen-bond donors (Lipinski definition) is 1. The van der Waals surface area contributed by atoms with Crippen molar-refractivity contribution >= 4 is 5.69 Å². The van der Waals surface area contributed by atoms with Gasteiger partial charge in [-0.05, 0) is 0 Å². The Labute approximate surface area is 99.8 Å². The molecule has 0 atom stereocenters. The summed E-state index contributed by atoms with van der Waals surface area (Å²) in [5.74, 6) is -4.15. The lowest BCUT2D eigenvalue weighted by atomic mass is 10.2. The first kappa shape index (κ1) is 14.4. The first-order valence-corrected chi connectivity index (χ1v) is 4.93. The Bertz CT molecular complexity index is 426. The van der Waals surface area contributed by atoms with Gasteiger partial charge in [0.05, 0.1) is 11.5 Å². The molecule has 4 nitrogen and oxygen atoms in total. The molecule has 0 spiro atoms. The van der Waals surface area contributed by atoms with Gasteiger partial charge >= 0.3 is 12.3 Å². The van der Waals surface area contributed by atoms with Crippen LogP contribution in [0.3, 0.4) is 0 Å². The Kier molecular flexibility index (Phi) is 4.60. The molecule has 100 valence electrons. The smallest absolute Gasteiger partial charge is 0.307 e. The summed E-state index contributed by atoms with van der Waals surface area (Å²) in [5.41, 5.74) is -0.0853. The van der Waals surface area contributed by atoms with Crippen molar-refractivity contribution in [3.63, 3.8) is 0 Å². The Balaban J connectivity index is 2.62. The molecule has 18 heavy (non-hydrogen) atoms. The maximum absolute atomic E-state index is 12.6. The lowest BCUT2D eigenvalue weighted by Gasteiger charge is -2.15. The number of para-hydroxylation sites is 1. The van der Waals surface area contributed by atoms with Crippen LogP contribution in [0.15, 0.2) is 24.3 Å². The molecule has 0 aliphatic rings. The molecule has 0 unspecified atom stereocenters. The predicted octanol–water partition coefficient (Wildman–Crippen LogP) is 2.58. The Morgan fingerprint density at radius 1 is 1.33 bits per heavy atom. The van der Waals surface area contributed by atoms with Gasteiger partial charge in [-0.25, -0.2) is 8.78 Å². The predicted molar refractivity (Wildman–Crippen MR) is 55.8 cm³/mol. The van der Waals surface area contributed by atoms with E-state index in [9.17, 15) is 27.7 Å². The Morgan fingerprint density at radius 2 is 1.94 bits per heavy atom. The normalized spacial score (nSPS) is 11.8. The summed E-state index contributed by atoms with van der Waals surface area (Å²) < 4.78 is 48.8. The Morgan fingerprint density at radius 3 is 2.50 bits per heavy atom. The average molecular weight is 266 g/mol. The topological polar surface area (TPSA) is 55.2 Å². The number of rotatable bonds is 6. The monoisotopic (exact) mass is 266 g/mol. The fourth-order valence-corrected chi connectivity index (χ4v) is 1.28. The van der Waals surface area contributed by atoms with E-state index in [2.05, 4.69) is 5.32 Å². The number of alkyl halides is 4. The molecule has 0 amide bonds. The molecule has 0 heterocycles. The van der Waals surface area contributed by atoms with E-state index in [0.717, 1.165) is 0 Å². The molecule has 0 fully saturated rings. The average Bonchev–Trinajstić information content (AvgIpc) is 2.29. The van der Waals surface area contributed by atoms with Crippen LogP contribution in [0.25, 0.3) is 0 Å². The zero-order chi connectivity index (χ0) is 13.8. The summed E-state index contributed by atoms with van der Waals surface area (Å²) >= 11 is 0. The van der Waals surface area contributed by atoms with Crippen LogP contribution in [0.5, 0.6) is 0 Å². The highest BCUT2D eigenvalue weighted by molar-refractivity contribution is 5.39. The lowest BCUT2D eigenvalue weighted by molar-refractivity contribution is -0.385. The molecule has 8 heteroatoms. The molecule has 0 aliphatic heterocycles. The van der Waals surface area contributed by atoms with Crippen molar-refractivity contribution in [2.45, 2.75) is 18.9 Å². The summed E-state index contributed by atoms with van der Waals surface area (Å²) in [7, 11) is 0. The van der Waals surface area contributed by atoms with Gasteiger partial charge in [-0.1, -0.05) is 18.2 Å². The second-order valence-electron chi connectivity index (χ2n) is 3.55. The van der Waals surface area contributed by atoms with Gasteiger partial charge in [-0.2, -0.15) is 8.78 Å². The first-order valence-electron chi connectivity index (χ1n) is 4.93. The van der Waals surface area contributed by atoms with Crippen molar-refractivity contribution in [3.05, 3.63) is 39.9 Å². The number of hydrogen-bond acceptors (Lipinski definition) is 3. The summed E-state index contributed by atoms with van der Waals surface area (Å²) in [6, 6.07) is 5.50. The molecule has 0 bridgehead atoms. The van der Waals surface area contributed by atoms with Gasteiger partial charge in [0.2, 0.25) is 0 Å². The summed E-state index contributed by atoms with van der Waals surface area (Å²) in [6.07, 6.45) is -3.77. The minimum atomic E-state index is -4.15. The number of nitro benzene ring substituents is 1.